The predicted octanol–water partition coefficient (Wildman–Crippen LogP) is 5.03. The normalized spacial score (nSPS) is 22.2. The Morgan fingerprint density at radius 1 is 0.900 bits per heavy atom. The molecule has 1 spiro atoms. The number of rotatable bonds is 5. The summed E-state index contributed by atoms with van der Waals surface area (Å²) in [5.74, 6) is -0.365. The molecule has 4 heteroatoms. The average Bonchev–Trinajstić information content (AvgIpc) is 2.75. The summed E-state index contributed by atoms with van der Waals surface area (Å²) in [5.41, 5.74) is 0. The highest BCUT2D eigenvalue weighted by Crippen LogP contribution is 2.39. The quantitative estimate of drug-likeness (QED) is 0.630. The Morgan fingerprint density at radius 3 is 2.00 bits per heavy atom. The van der Waals surface area contributed by atoms with Crippen LogP contribution in [0.5, 0.6) is 0 Å². The maximum Gasteiger partial charge on any atom is 0.261 e. The van der Waals surface area contributed by atoms with Crippen molar-refractivity contribution < 1.29 is 13.9 Å². The lowest BCUT2D eigenvalue weighted by Gasteiger charge is -2.46. The predicted molar refractivity (Wildman–Crippen MR) is 125 cm³/mol. The van der Waals surface area contributed by atoms with Crippen molar-refractivity contribution in [1.29, 1.82) is 0 Å². The summed E-state index contributed by atoms with van der Waals surface area (Å²) < 4.78 is 19.8. The van der Waals surface area contributed by atoms with Crippen molar-refractivity contribution in [3.05, 3.63) is 60.7 Å². The maximum atomic E-state index is 7.10. The topological polar surface area (TPSA) is 27.7 Å². The van der Waals surface area contributed by atoms with Gasteiger partial charge in [-0.3, -0.25) is 0 Å². The highest BCUT2D eigenvalue weighted by Gasteiger charge is 2.51. The van der Waals surface area contributed by atoms with E-state index in [1.54, 1.807) is 0 Å². The third kappa shape index (κ3) is 4.29. The monoisotopic (exact) mass is 424 g/mol. The number of benzene rings is 2. The lowest BCUT2D eigenvalue weighted by molar-refractivity contribution is -0.308. The molecule has 1 aliphatic carbocycles. The SMILES string of the molecule is CC(C)(C)[Si](OC[C@H]1CCOC2(CCCCC2)O1)(c1ccccc1)c1ccccc1. The van der Waals surface area contributed by atoms with Crippen LogP contribution in [0.25, 0.3) is 0 Å². The summed E-state index contributed by atoms with van der Waals surface area (Å²) in [6, 6.07) is 21.7. The zero-order valence-electron chi connectivity index (χ0n) is 18.7. The van der Waals surface area contributed by atoms with Crippen LogP contribution in [0.15, 0.2) is 60.7 Å². The van der Waals surface area contributed by atoms with E-state index in [4.69, 9.17) is 13.9 Å². The molecule has 3 nitrogen and oxygen atoms in total. The van der Waals surface area contributed by atoms with Crippen molar-refractivity contribution in [2.45, 2.75) is 76.2 Å². The molecule has 1 heterocycles. The molecular formula is C26H36O3Si. The van der Waals surface area contributed by atoms with Crippen molar-refractivity contribution in [1.82, 2.24) is 0 Å². The minimum Gasteiger partial charge on any atom is -0.405 e. The van der Waals surface area contributed by atoms with Crippen LogP contribution in [-0.4, -0.2) is 33.4 Å². The summed E-state index contributed by atoms with van der Waals surface area (Å²) in [5, 5.41) is 2.63. The van der Waals surface area contributed by atoms with Crippen LogP contribution in [0.2, 0.25) is 5.04 Å². The standard InChI is InChI=1S/C26H36O3Si/c1-25(2,3)30(23-13-7-4-8-14-23,24-15-9-5-10-16-24)28-21-22-17-20-27-26(29-22)18-11-6-12-19-26/h4-5,7-10,13-16,22H,6,11-12,17-21H2,1-3H3/t22-/m1/s1. The van der Waals surface area contributed by atoms with Gasteiger partial charge in [0.15, 0.2) is 5.79 Å². The molecule has 0 N–H and O–H groups in total. The molecule has 162 valence electrons. The zero-order valence-corrected chi connectivity index (χ0v) is 19.7. The lowest BCUT2D eigenvalue weighted by atomic mass is 9.93. The van der Waals surface area contributed by atoms with Crippen molar-refractivity contribution in [3.8, 4) is 0 Å². The molecule has 0 aromatic heterocycles. The molecule has 1 saturated carbocycles. The highest BCUT2D eigenvalue weighted by atomic mass is 28.4. The molecule has 30 heavy (non-hydrogen) atoms. The van der Waals surface area contributed by atoms with Crippen molar-refractivity contribution in [3.63, 3.8) is 0 Å². The Hall–Kier alpha value is -1.46. The van der Waals surface area contributed by atoms with E-state index in [0.717, 1.165) is 25.9 Å². The van der Waals surface area contributed by atoms with Gasteiger partial charge in [0.05, 0.1) is 19.3 Å². The van der Waals surface area contributed by atoms with Crippen LogP contribution >= 0.6 is 0 Å². The van der Waals surface area contributed by atoms with Crippen LogP contribution in [0.1, 0.15) is 59.3 Å². The van der Waals surface area contributed by atoms with Crippen molar-refractivity contribution >= 4 is 18.7 Å². The molecule has 0 bridgehead atoms. The summed E-state index contributed by atoms with van der Waals surface area (Å²) in [7, 11) is -2.52. The fourth-order valence-corrected chi connectivity index (χ4v) is 9.81. The first kappa shape index (κ1) is 21.8. The van der Waals surface area contributed by atoms with E-state index in [-0.39, 0.29) is 16.9 Å². The first-order valence-corrected chi connectivity index (χ1v) is 13.4. The second-order valence-corrected chi connectivity index (χ2v) is 14.1. The Bertz CT molecular complexity index is 749. The van der Waals surface area contributed by atoms with Gasteiger partial charge in [-0.25, -0.2) is 0 Å². The number of hydrogen-bond acceptors (Lipinski definition) is 3. The zero-order chi connectivity index (χ0) is 21.1. The van der Waals surface area contributed by atoms with E-state index in [1.807, 2.05) is 0 Å². The van der Waals surface area contributed by atoms with Crippen molar-refractivity contribution in [2.24, 2.45) is 0 Å². The molecule has 2 aromatic carbocycles. The minimum absolute atomic E-state index is 0.0105. The molecule has 2 aromatic rings. The molecule has 1 saturated heterocycles. The smallest absolute Gasteiger partial charge is 0.261 e. The lowest BCUT2D eigenvalue weighted by Crippen LogP contribution is -2.67. The molecule has 0 unspecified atom stereocenters. The summed E-state index contributed by atoms with van der Waals surface area (Å²) in [6.45, 7) is 8.37. The second kappa shape index (κ2) is 8.95. The van der Waals surface area contributed by atoms with Crippen LogP contribution in [0.4, 0.5) is 0 Å². The van der Waals surface area contributed by atoms with E-state index in [0.29, 0.717) is 6.61 Å². The molecule has 0 radical (unpaired) electrons. The maximum absolute atomic E-state index is 7.10. The van der Waals surface area contributed by atoms with Gasteiger partial charge in [0.2, 0.25) is 0 Å². The van der Waals surface area contributed by atoms with Crippen LogP contribution in [0.3, 0.4) is 0 Å². The molecule has 1 atom stereocenters. The van der Waals surface area contributed by atoms with Gasteiger partial charge in [0.1, 0.15) is 0 Å². The second-order valence-electron chi connectivity index (χ2n) is 9.82. The average molecular weight is 425 g/mol. The van der Waals surface area contributed by atoms with Gasteiger partial charge < -0.3 is 13.9 Å². The molecule has 0 amide bonds. The van der Waals surface area contributed by atoms with Gasteiger partial charge in [-0.05, 0) is 34.7 Å². The van der Waals surface area contributed by atoms with Gasteiger partial charge in [-0.2, -0.15) is 0 Å². The molecule has 2 fully saturated rings. The molecule has 4 rings (SSSR count). The van der Waals surface area contributed by atoms with E-state index in [1.165, 1.54) is 29.6 Å². The van der Waals surface area contributed by atoms with Gasteiger partial charge in [0, 0.05) is 12.8 Å². The molecule has 1 aliphatic heterocycles. The van der Waals surface area contributed by atoms with Gasteiger partial charge in [-0.15, -0.1) is 0 Å². The Labute approximate surface area is 182 Å². The summed E-state index contributed by atoms with van der Waals surface area (Å²) in [4.78, 5) is 0. The summed E-state index contributed by atoms with van der Waals surface area (Å²) >= 11 is 0. The third-order valence-corrected chi connectivity index (χ3v) is 11.7. The van der Waals surface area contributed by atoms with E-state index in [9.17, 15) is 0 Å². The number of hydrogen-bond donors (Lipinski definition) is 0. The van der Waals surface area contributed by atoms with Gasteiger partial charge in [-0.1, -0.05) is 87.9 Å². The fraction of sp³-hybridized carbons (Fsp3) is 0.538. The Morgan fingerprint density at radius 2 is 1.47 bits per heavy atom. The first-order valence-electron chi connectivity index (χ1n) is 11.5. The van der Waals surface area contributed by atoms with E-state index >= 15 is 0 Å². The third-order valence-electron chi connectivity index (χ3n) is 6.70. The van der Waals surface area contributed by atoms with Crippen LogP contribution in [0, 0.1) is 0 Å². The van der Waals surface area contributed by atoms with Gasteiger partial charge >= 0.3 is 0 Å². The fourth-order valence-electron chi connectivity index (χ4n) is 5.22. The molecule has 2 aliphatic rings. The summed E-state index contributed by atoms with van der Waals surface area (Å²) in [6.07, 6.45) is 6.71. The highest BCUT2D eigenvalue weighted by molar-refractivity contribution is 6.99. The van der Waals surface area contributed by atoms with Crippen molar-refractivity contribution in [2.75, 3.05) is 13.2 Å². The van der Waals surface area contributed by atoms with Crippen LogP contribution in [-0.2, 0) is 13.9 Å². The van der Waals surface area contributed by atoms with E-state index < -0.39 is 8.32 Å². The van der Waals surface area contributed by atoms with Crippen LogP contribution < -0.4 is 10.4 Å². The van der Waals surface area contributed by atoms with E-state index in [2.05, 4.69) is 81.4 Å². The Kier molecular flexibility index (Phi) is 6.49. The molecular weight excluding hydrogens is 388 g/mol. The van der Waals surface area contributed by atoms with Gasteiger partial charge in [0.25, 0.3) is 8.32 Å². The minimum atomic E-state index is -2.52. The first-order chi connectivity index (χ1) is 14.5. The largest absolute Gasteiger partial charge is 0.405 e. The number of ether oxygens (including phenoxy) is 2. The Balaban J connectivity index is 1.64.